The van der Waals surface area contributed by atoms with Crippen molar-refractivity contribution in [3.8, 4) is 0 Å². The van der Waals surface area contributed by atoms with Crippen molar-refractivity contribution in [1.29, 1.82) is 0 Å². The number of anilines is 1. The summed E-state index contributed by atoms with van der Waals surface area (Å²) in [4.78, 5) is 28.6. The number of fused-ring (bicyclic) bond motifs is 2. The van der Waals surface area contributed by atoms with Crippen LogP contribution in [-0.2, 0) is 12.8 Å². The second-order valence-corrected chi connectivity index (χ2v) is 6.70. The SMILES string of the molecule is O=C(O)c1ccc(NC(=O)c2c3c(nc4ccc(Cl)cc24)CCC3)cc1. The van der Waals surface area contributed by atoms with Gasteiger partial charge in [0.2, 0.25) is 0 Å². The molecule has 5 nitrogen and oxygen atoms in total. The Labute approximate surface area is 154 Å². The normalized spacial score (nSPS) is 12.8. The molecule has 130 valence electrons. The molecule has 2 aromatic carbocycles. The maximum atomic E-state index is 13.0. The molecule has 0 saturated carbocycles. The monoisotopic (exact) mass is 366 g/mol. The number of carbonyl (C=O) groups excluding carboxylic acids is 1. The number of nitrogens with one attached hydrogen (secondary N) is 1. The lowest BCUT2D eigenvalue weighted by Crippen LogP contribution is -2.16. The molecule has 3 aromatic rings. The van der Waals surface area contributed by atoms with E-state index >= 15 is 0 Å². The number of benzene rings is 2. The summed E-state index contributed by atoms with van der Waals surface area (Å²) in [5.41, 5.74) is 4.00. The Bertz CT molecular complexity index is 1050. The van der Waals surface area contributed by atoms with Crippen LogP contribution in [0.1, 0.15) is 38.4 Å². The minimum Gasteiger partial charge on any atom is -0.478 e. The van der Waals surface area contributed by atoms with E-state index in [-0.39, 0.29) is 11.5 Å². The highest BCUT2D eigenvalue weighted by molar-refractivity contribution is 6.31. The highest BCUT2D eigenvalue weighted by Gasteiger charge is 2.24. The number of aromatic nitrogens is 1. The van der Waals surface area contributed by atoms with Crippen LogP contribution < -0.4 is 5.32 Å². The summed E-state index contributed by atoms with van der Waals surface area (Å²) < 4.78 is 0. The van der Waals surface area contributed by atoms with E-state index in [0.29, 0.717) is 16.3 Å². The summed E-state index contributed by atoms with van der Waals surface area (Å²) in [5.74, 6) is -1.24. The molecule has 1 heterocycles. The molecule has 0 fully saturated rings. The third-order valence-corrected chi connectivity index (χ3v) is 4.83. The van der Waals surface area contributed by atoms with Gasteiger partial charge in [-0.1, -0.05) is 11.6 Å². The van der Waals surface area contributed by atoms with Crippen LogP contribution in [0.5, 0.6) is 0 Å². The van der Waals surface area contributed by atoms with E-state index in [1.807, 2.05) is 6.07 Å². The lowest BCUT2D eigenvalue weighted by molar-refractivity contribution is 0.0696. The Kier molecular flexibility index (Phi) is 4.09. The van der Waals surface area contributed by atoms with Crippen molar-refractivity contribution >= 4 is 40.1 Å². The standard InChI is InChI=1S/C20H15ClN2O3/c21-12-6-9-17-15(10-12)18(14-2-1-3-16(14)23-17)19(24)22-13-7-4-11(5-8-13)20(25)26/h4-10H,1-3H2,(H,22,24)(H,25,26). The number of carboxylic acid groups (broad SMARTS) is 1. The van der Waals surface area contributed by atoms with Gasteiger partial charge in [-0.25, -0.2) is 4.79 Å². The molecule has 1 aromatic heterocycles. The van der Waals surface area contributed by atoms with Gasteiger partial charge in [-0.15, -0.1) is 0 Å². The summed E-state index contributed by atoms with van der Waals surface area (Å²) in [6.07, 6.45) is 2.65. The quantitative estimate of drug-likeness (QED) is 0.723. The van der Waals surface area contributed by atoms with Crippen LogP contribution in [-0.4, -0.2) is 22.0 Å². The molecule has 4 rings (SSSR count). The molecule has 26 heavy (non-hydrogen) atoms. The number of amides is 1. The first-order valence-corrected chi connectivity index (χ1v) is 8.66. The number of aryl methyl sites for hydroxylation is 1. The number of carbonyl (C=O) groups is 2. The highest BCUT2D eigenvalue weighted by Crippen LogP contribution is 2.32. The molecule has 6 heteroatoms. The number of rotatable bonds is 3. The van der Waals surface area contributed by atoms with E-state index in [4.69, 9.17) is 16.7 Å². The predicted octanol–water partition coefficient (Wildman–Crippen LogP) is 4.33. The van der Waals surface area contributed by atoms with Gasteiger partial charge in [0.15, 0.2) is 0 Å². The van der Waals surface area contributed by atoms with E-state index < -0.39 is 5.97 Å². The number of aromatic carboxylic acids is 1. The van der Waals surface area contributed by atoms with Gasteiger partial charge >= 0.3 is 5.97 Å². The summed E-state index contributed by atoms with van der Waals surface area (Å²) in [5, 5.41) is 13.1. The average Bonchev–Trinajstić information content (AvgIpc) is 3.08. The van der Waals surface area contributed by atoms with Crippen molar-refractivity contribution in [2.75, 3.05) is 5.32 Å². The van der Waals surface area contributed by atoms with E-state index in [1.54, 1.807) is 24.3 Å². The number of hydrogen-bond acceptors (Lipinski definition) is 3. The fraction of sp³-hybridized carbons (Fsp3) is 0.150. The smallest absolute Gasteiger partial charge is 0.335 e. The molecule has 0 aliphatic heterocycles. The maximum Gasteiger partial charge on any atom is 0.335 e. The number of nitrogens with zero attached hydrogens (tertiary/aromatic N) is 1. The van der Waals surface area contributed by atoms with Crippen molar-refractivity contribution in [2.24, 2.45) is 0 Å². The van der Waals surface area contributed by atoms with Gasteiger partial charge in [-0.05, 0) is 67.3 Å². The number of carboxylic acids is 1. The molecule has 0 saturated heterocycles. The Hall–Kier alpha value is -2.92. The lowest BCUT2D eigenvalue weighted by atomic mass is 10.0. The van der Waals surface area contributed by atoms with Gasteiger partial charge in [-0.2, -0.15) is 0 Å². The van der Waals surface area contributed by atoms with Crippen molar-refractivity contribution in [1.82, 2.24) is 4.98 Å². The number of hydrogen-bond donors (Lipinski definition) is 2. The molecule has 0 atom stereocenters. The van der Waals surface area contributed by atoms with Crippen molar-refractivity contribution in [3.05, 3.63) is 69.9 Å². The first-order valence-electron chi connectivity index (χ1n) is 8.28. The molecule has 1 aliphatic carbocycles. The van der Waals surface area contributed by atoms with Crippen LogP contribution in [0, 0.1) is 0 Å². The van der Waals surface area contributed by atoms with Gasteiger partial charge in [0.25, 0.3) is 5.91 Å². The molecule has 0 radical (unpaired) electrons. The fourth-order valence-electron chi connectivity index (χ4n) is 3.38. The van der Waals surface area contributed by atoms with Gasteiger partial charge in [0.05, 0.1) is 16.6 Å². The van der Waals surface area contributed by atoms with Gasteiger partial charge < -0.3 is 10.4 Å². The van der Waals surface area contributed by atoms with Crippen LogP contribution in [0.25, 0.3) is 10.9 Å². The minimum absolute atomic E-state index is 0.171. The van der Waals surface area contributed by atoms with Crippen LogP contribution in [0.15, 0.2) is 42.5 Å². The fourth-order valence-corrected chi connectivity index (χ4v) is 3.56. The molecule has 0 unspecified atom stereocenters. The van der Waals surface area contributed by atoms with E-state index in [0.717, 1.165) is 41.4 Å². The van der Waals surface area contributed by atoms with Gasteiger partial charge in [0, 0.05) is 21.8 Å². The van der Waals surface area contributed by atoms with Crippen LogP contribution in [0.2, 0.25) is 5.02 Å². The second kappa shape index (κ2) is 6.42. The van der Waals surface area contributed by atoms with Crippen molar-refractivity contribution < 1.29 is 14.7 Å². The Morgan fingerprint density at radius 2 is 1.85 bits per heavy atom. The van der Waals surface area contributed by atoms with Gasteiger partial charge in [-0.3, -0.25) is 9.78 Å². The van der Waals surface area contributed by atoms with E-state index in [9.17, 15) is 9.59 Å². The first kappa shape index (κ1) is 16.5. The summed E-state index contributed by atoms with van der Waals surface area (Å²) in [6.45, 7) is 0. The zero-order valence-corrected chi connectivity index (χ0v) is 14.5. The second-order valence-electron chi connectivity index (χ2n) is 6.26. The van der Waals surface area contributed by atoms with E-state index in [2.05, 4.69) is 10.3 Å². The molecular formula is C20H15ClN2O3. The Morgan fingerprint density at radius 1 is 1.08 bits per heavy atom. The third-order valence-electron chi connectivity index (χ3n) is 4.59. The largest absolute Gasteiger partial charge is 0.478 e. The predicted molar refractivity (Wildman–Crippen MR) is 100 cm³/mol. The summed E-state index contributed by atoms with van der Waals surface area (Å²) in [7, 11) is 0. The molecule has 1 amide bonds. The molecule has 0 spiro atoms. The molecular weight excluding hydrogens is 352 g/mol. The molecule has 2 N–H and O–H groups in total. The van der Waals surface area contributed by atoms with Crippen molar-refractivity contribution in [3.63, 3.8) is 0 Å². The number of pyridine rings is 1. The topological polar surface area (TPSA) is 79.3 Å². The Morgan fingerprint density at radius 3 is 2.58 bits per heavy atom. The average molecular weight is 367 g/mol. The zero-order valence-electron chi connectivity index (χ0n) is 13.8. The van der Waals surface area contributed by atoms with Crippen LogP contribution >= 0.6 is 11.6 Å². The number of halogens is 1. The van der Waals surface area contributed by atoms with Crippen LogP contribution in [0.4, 0.5) is 5.69 Å². The highest BCUT2D eigenvalue weighted by atomic mass is 35.5. The molecule has 1 aliphatic rings. The van der Waals surface area contributed by atoms with E-state index in [1.165, 1.54) is 12.1 Å². The van der Waals surface area contributed by atoms with Crippen LogP contribution in [0.3, 0.4) is 0 Å². The summed E-state index contributed by atoms with van der Waals surface area (Å²) >= 11 is 6.14. The zero-order chi connectivity index (χ0) is 18.3. The minimum atomic E-state index is -1.00. The van der Waals surface area contributed by atoms with Gasteiger partial charge in [0.1, 0.15) is 0 Å². The van der Waals surface area contributed by atoms with Crippen molar-refractivity contribution in [2.45, 2.75) is 19.3 Å². The maximum absolute atomic E-state index is 13.0. The molecule has 0 bridgehead atoms. The first-order chi connectivity index (χ1) is 12.5. The summed E-state index contributed by atoms with van der Waals surface area (Å²) in [6, 6.07) is 11.5. The lowest BCUT2D eigenvalue weighted by Gasteiger charge is -2.13. The third kappa shape index (κ3) is 2.91. The Balaban J connectivity index is 1.76.